The van der Waals surface area contributed by atoms with Crippen LogP contribution in [0.3, 0.4) is 0 Å². The van der Waals surface area contributed by atoms with Crippen LogP contribution in [0.5, 0.6) is 5.75 Å². The number of nitrogens with one attached hydrogen (secondary N) is 1. The standard InChI is InChI=1S/C25H33N3O3/c1-18-16-21(29)17-19(2)22(18)11-12-23(30)28(26)25(13-7-14-25)24(31)27-15-6-10-20-8-4-3-5-9-20/h3-5,8-9,16-17,29H,6-7,10-15,26H2,1-2H3,(H,27,31). The molecule has 2 amide bonds. The van der Waals surface area contributed by atoms with Gasteiger partial charge < -0.3 is 10.4 Å². The van der Waals surface area contributed by atoms with Crippen molar-refractivity contribution in [3.63, 3.8) is 0 Å². The van der Waals surface area contributed by atoms with Gasteiger partial charge in [-0.25, -0.2) is 5.84 Å². The fourth-order valence-corrected chi connectivity index (χ4v) is 4.35. The van der Waals surface area contributed by atoms with Gasteiger partial charge >= 0.3 is 0 Å². The molecule has 1 aliphatic carbocycles. The van der Waals surface area contributed by atoms with Gasteiger partial charge in [0.15, 0.2) is 0 Å². The number of benzene rings is 2. The van der Waals surface area contributed by atoms with Gasteiger partial charge in [-0.1, -0.05) is 30.3 Å². The molecular formula is C25H33N3O3. The van der Waals surface area contributed by atoms with E-state index in [4.69, 9.17) is 5.84 Å². The zero-order chi connectivity index (χ0) is 22.4. The van der Waals surface area contributed by atoms with Gasteiger partial charge in [-0.15, -0.1) is 0 Å². The van der Waals surface area contributed by atoms with Gasteiger partial charge in [0, 0.05) is 13.0 Å². The summed E-state index contributed by atoms with van der Waals surface area (Å²) < 4.78 is 0. The molecule has 0 spiro atoms. The molecule has 0 atom stereocenters. The SMILES string of the molecule is Cc1cc(O)cc(C)c1CCC(=O)N(N)C1(C(=O)NCCCc2ccccc2)CCC1. The molecule has 0 unspecified atom stereocenters. The summed E-state index contributed by atoms with van der Waals surface area (Å²) in [6.45, 7) is 4.40. The first-order chi connectivity index (χ1) is 14.8. The summed E-state index contributed by atoms with van der Waals surface area (Å²) >= 11 is 0. The van der Waals surface area contributed by atoms with Crippen molar-refractivity contribution in [1.29, 1.82) is 0 Å². The molecule has 6 heteroatoms. The Morgan fingerprint density at radius 3 is 2.32 bits per heavy atom. The second-order valence-corrected chi connectivity index (χ2v) is 8.55. The topological polar surface area (TPSA) is 95.7 Å². The van der Waals surface area contributed by atoms with Gasteiger partial charge in [0.2, 0.25) is 11.8 Å². The van der Waals surface area contributed by atoms with Gasteiger partial charge in [-0.2, -0.15) is 0 Å². The average molecular weight is 424 g/mol. The number of hydrogen-bond acceptors (Lipinski definition) is 4. The van der Waals surface area contributed by atoms with E-state index in [0.717, 1.165) is 36.0 Å². The van der Waals surface area contributed by atoms with Crippen molar-refractivity contribution in [3.05, 3.63) is 64.7 Å². The van der Waals surface area contributed by atoms with Crippen LogP contribution >= 0.6 is 0 Å². The molecule has 0 heterocycles. The van der Waals surface area contributed by atoms with Gasteiger partial charge in [-0.05, 0) is 86.8 Å². The summed E-state index contributed by atoms with van der Waals surface area (Å²) in [5.41, 5.74) is 3.24. The van der Waals surface area contributed by atoms with Gasteiger partial charge in [0.25, 0.3) is 0 Å². The molecule has 3 rings (SSSR count). The van der Waals surface area contributed by atoms with E-state index in [1.165, 1.54) is 10.6 Å². The van der Waals surface area contributed by atoms with Crippen LogP contribution in [-0.2, 0) is 22.4 Å². The molecule has 31 heavy (non-hydrogen) atoms. The summed E-state index contributed by atoms with van der Waals surface area (Å²) in [6.07, 6.45) is 4.56. The minimum atomic E-state index is -0.928. The number of nitrogens with two attached hydrogens (primary N) is 1. The number of hydrogen-bond donors (Lipinski definition) is 3. The third kappa shape index (κ3) is 5.25. The van der Waals surface area contributed by atoms with Crippen LogP contribution in [0.4, 0.5) is 0 Å². The molecule has 2 aromatic carbocycles. The number of rotatable bonds is 9. The molecule has 1 aliphatic rings. The second kappa shape index (κ2) is 9.96. The molecule has 166 valence electrons. The minimum absolute atomic E-state index is 0.153. The zero-order valence-electron chi connectivity index (χ0n) is 18.5. The van der Waals surface area contributed by atoms with Gasteiger partial charge in [0.1, 0.15) is 11.3 Å². The van der Waals surface area contributed by atoms with E-state index in [1.807, 2.05) is 32.0 Å². The largest absolute Gasteiger partial charge is 0.508 e. The normalized spacial score (nSPS) is 14.5. The summed E-state index contributed by atoms with van der Waals surface area (Å²) in [5, 5.41) is 13.9. The lowest BCUT2D eigenvalue weighted by Gasteiger charge is -2.46. The maximum atomic E-state index is 12.9. The Morgan fingerprint density at radius 2 is 1.74 bits per heavy atom. The number of aromatic hydroxyl groups is 1. The van der Waals surface area contributed by atoms with Crippen molar-refractivity contribution >= 4 is 11.8 Å². The first-order valence-electron chi connectivity index (χ1n) is 11.0. The maximum Gasteiger partial charge on any atom is 0.247 e. The minimum Gasteiger partial charge on any atom is -0.508 e. The summed E-state index contributed by atoms with van der Waals surface area (Å²) in [5.74, 6) is 6.04. The smallest absolute Gasteiger partial charge is 0.247 e. The van der Waals surface area contributed by atoms with E-state index < -0.39 is 5.54 Å². The van der Waals surface area contributed by atoms with Crippen molar-refractivity contribution in [1.82, 2.24) is 10.3 Å². The highest BCUT2D eigenvalue weighted by atomic mass is 16.3. The zero-order valence-corrected chi connectivity index (χ0v) is 18.5. The lowest BCUT2D eigenvalue weighted by atomic mass is 9.75. The average Bonchev–Trinajstić information content (AvgIpc) is 2.70. The predicted molar refractivity (Wildman–Crippen MR) is 121 cm³/mol. The van der Waals surface area contributed by atoms with Crippen LogP contribution < -0.4 is 11.2 Å². The Morgan fingerprint density at radius 1 is 1.10 bits per heavy atom. The van der Waals surface area contributed by atoms with Gasteiger partial charge in [-0.3, -0.25) is 14.6 Å². The highest BCUT2D eigenvalue weighted by molar-refractivity contribution is 5.92. The van der Waals surface area contributed by atoms with Crippen molar-refractivity contribution in [3.8, 4) is 5.75 Å². The summed E-state index contributed by atoms with van der Waals surface area (Å²) in [7, 11) is 0. The quantitative estimate of drug-likeness (QED) is 0.250. The summed E-state index contributed by atoms with van der Waals surface area (Å²) in [6, 6.07) is 13.6. The third-order valence-electron chi connectivity index (χ3n) is 6.37. The number of nitrogens with zero attached hydrogens (tertiary/aromatic N) is 1. The molecule has 6 nitrogen and oxygen atoms in total. The Hall–Kier alpha value is -2.86. The molecular weight excluding hydrogens is 390 g/mol. The molecule has 0 aromatic heterocycles. The van der Waals surface area contributed by atoms with Crippen molar-refractivity contribution in [2.24, 2.45) is 5.84 Å². The molecule has 2 aromatic rings. The highest BCUT2D eigenvalue weighted by Gasteiger charge is 2.50. The lowest BCUT2D eigenvalue weighted by molar-refractivity contribution is -0.154. The van der Waals surface area contributed by atoms with Crippen LogP contribution in [0.1, 0.15) is 54.4 Å². The van der Waals surface area contributed by atoms with E-state index in [1.54, 1.807) is 12.1 Å². The monoisotopic (exact) mass is 423 g/mol. The van der Waals surface area contributed by atoms with Crippen LogP contribution in [0.25, 0.3) is 0 Å². The Bertz CT molecular complexity index is 900. The number of carbonyl (C=O) groups excluding carboxylic acids is 2. The summed E-state index contributed by atoms with van der Waals surface area (Å²) in [4.78, 5) is 25.7. The fourth-order valence-electron chi connectivity index (χ4n) is 4.35. The molecule has 1 saturated carbocycles. The van der Waals surface area contributed by atoms with Crippen LogP contribution in [0, 0.1) is 13.8 Å². The number of hydrazine groups is 1. The Balaban J connectivity index is 1.53. The van der Waals surface area contributed by atoms with E-state index in [2.05, 4.69) is 17.4 Å². The van der Waals surface area contributed by atoms with Crippen molar-refractivity contribution < 1.29 is 14.7 Å². The van der Waals surface area contributed by atoms with E-state index in [9.17, 15) is 14.7 Å². The molecule has 0 bridgehead atoms. The molecule has 0 radical (unpaired) electrons. The van der Waals surface area contributed by atoms with Crippen molar-refractivity contribution in [2.75, 3.05) is 6.54 Å². The number of carbonyl (C=O) groups is 2. The predicted octanol–water partition coefficient (Wildman–Crippen LogP) is 3.32. The van der Waals surface area contributed by atoms with Crippen LogP contribution in [0.2, 0.25) is 0 Å². The lowest BCUT2D eigenvalue weighted by Crippen LogP contribution is -2.67. The molecule has 1 fully saturated rings. The number of aryl methyl sites for hydroxylation is 3. The van der Waals surface area contributed by atoms with E-state index >= 15 is 0 Å². The van der Waals surface area contributed by atoms with Crippen molar-refractivity contribution in [2.45, 2.75) is 64.3 Å². The van der Waals surface area contributed by atoms with Gasteiger partial charge in [0.05, 0.1) is 0 Å². The number of phenolic OH excluding ortho intramolecular Hbond substituents is 1. The number of phenols is 1. The first kappa shape index (κ1) is 22.8. The second-order valence-electron chi connectivity index (χ2n) is 8.55. The maximum absolute atomic E-state index is 12.9. The highest BCUT2D eigenvalue weighted by Crippen LogP contribution is 2.37. The molecule has 0 saturated heterocycles. The van der Waals surface area contributed by atoms with Crippen LogP contribution in [-0.4, -0.2) is 34.0 Å². The van der Waals surface area contributed by atoms with E-state index in [0.29, 0.717) is 25.8 Å². The fraction of sp³-hybridized carbons (Fsp3) is 0.440. The first-order valence-corrected chi connectivity index (χ1v) is 11.0. The molecule has 0 aliphatic heterocycles. The number of amides is 2. The third-order valence-corrected chi connectivity index (χ3v) is 6.37. The Labute approximate surface area is 184 Å². The van der Waals surface area contributed by atoms with Crippen LogP contribution in [0.15, 0.2) is 42.5 Å². The molecule has 4 N–H and O–H groups in total. The Kier molecular flexibility index (Phi) is 7.33. The van der Waals surface area contributed by atoms with E-state index in [-0.39, 0.29) is 24.0 Å².